The van der Waals surface area contributed by atoms with Crippen molar-refractivity contribution in [2.45, 2.75) is 46.2 Å². The lowest BCUT2D eigenvalue weighted by molar-refractivity contribution is 0.342. The fourth-order valence-corrected chi connectivity index (χ4v) is 9.26. The van der Waals surface area contributed by atoms with Crippen molar-refractivity contribution in [1.82, 2.24) is 0 Å². The van der Waals surface area contributed by atoms with Crippen LogP contribution in [0.5, 0.6) is 0 Å². The molecule has 2 fully saturated rings. The monoisotopic (exact) mass is 384 g/mol. The van der Waals surface area contributed by atoms with Gasteiger partial charge in [-0.1, -0.05) is 30.7 Å². The van der Waals surface area contributed by atoms with E-state index in [-0.39, 0.29) is 11.3 Å². The number of thioether (sulfide) groups is 2. The molecule has 1 aliphatic carbocycles. The van der Waals surface area contributed by atoms with E-state index in [1.807, 2.05) is 12.1 Å². The van der Waals surface area contributed by atoms with Crippen LogP contribution in [0.4, 0.5) is 0 Å². The average Bonchev–Trinajstić information content (AvgIpc) is 2.56. The molecule has 2 unspecified atom stereocenters. The van der Waals surface area contributed by atoms with Gasteiger partial charge in [0, 0.05) is 21.5 Å². The van der Waals surface area contributed by atoms with E-state index in [0.717, 1.165) is 18.4 Å². The molecule has 3 rings (SSSR count). The molecule has 2 nitrogen and oxygen atoms in total. The number of amidine groups is 1. The van der Waals surface area contributed by atoms with E-state index in [1.165, 1.54) is 29.9 Å². The van der Waals surface area contributed by atoms with Gasteiger partial charge in [-0.3, -0.25) is 5.41 Å². The summed E-state index contributed by atoms with van der Waals surface area (Å²) >= 11 is 14.3. The molecule has 1 saturated heterocycles. The van der Waals surface area contributed by atoms with E-state index in [1.54, 1.807) is 0 Å². The number of benzene rings is 1. The second-order valence-corrected chi connectivity index (χ2v) is 10.3. The zero-order valence-electron chi connectivity index (χ0n) is 13.1. The topological polar surface area (TPSA) is 49.9 Å². The highest BCUT2D eigenvalue weighted by molar-refractivity contribution is 8.17. The first-order valence-corrected chi connectivity index (χ1v) is 11.2. The number of hydrogen-bond acceptors (Lipinski definition) is 5. The Labute approximate surface area is 158 Å². The van der Waals surface area contributed by atoms with E-state index in [9.17, 15) is 0 Å². The third-order valence-corrected chi connectivity index (χ3v) is 9.59. The Morgan fingerprint density at radius 1 is 1.04 bits per heavy atom. The van der Waals surface area contributed by atoms with Gasteiger partial charge < -0.3 is 5.73 Å². The van der Waals surface area contributed by atoms with Crippen molar-refractivity contribution < 1.29 is 0 Å². The third kappa shape index (κ3) is 3.29. The second-order valence-electron chi connectivity index (χ2n) is 6.31. The van der Waals surface area contributed by atoms with Crippen LogP contribution in [0.2, 0.25) is 0 Å². The van der Waals surface area contributed by atoms with Gasteiger partial charge in [0.2, 0.25) is 0 Å². The first kappa shape index (κ1) is 17.9. The Morgan fingerprint density at radius 2 is 1.61 bits per heavy atom. The van der Waals surface area contributed by atoms with Crippen LogP contribution >= 0.6 is 48.8 Å². The summed E-state index contributed by atoms with van der Waals surface area (Å²) in [6.07, 6.45) is 4.79. The van der Waals surface area contributed by atoms with Crippen LogP contribution in [0.15, 0.2) is 24.3 Å². The molecular weight excluding hydrogens is 360 g/mol. The molecule has 2 atom stereocenters. The van der Waals surface area contributed by atoms with E-state index < -0.39 is 0 Å². The van der Waals surface area contributed by atoms with E-state index in [2.05, 4.69) is 35.7 Å². The molecule has 0 amide bonds. The van der Waals surface area contributed by atoms with E-state index >= 15 is 0 Å². The predicted octanol–water partition coefficient (Wildman–Crippen LogP) is 4.19. The van der Waals surface area contributed by atoms with Crippen LogP contribution in [0.25, 0.3) is 0 Å². The minimum absolute atomic E-state index is 0.0183. The number of nitrogens with two attached hydrogens (primary N) is 1. The van der Waals surface area contributed by atoms with Crippen LogP contribution in [0.1, 0.15) is 36.8 Å². The average molecular weight is 385 g/mol. The van der Waals surface area contributed by atoms with Gasteiger partial charge in [-0.15, -0.1) is 23.5 Å². The molecule has 0 spiro atoms. The molecule has 0 aromatic heterocycles. The van der Waals surface area contributed by atoms with Crippen molar-refractivity contribution >= 4 is 54.6 Å². The molecule has 3 N–H and O–H groups in total. The smallest absolute Gasteiger partial charge is 0.122 e. The van der Waals surface area contributed by atoms with Crippen molar-refractivity contribution in [3.63, 3.8) is 0 Å². The van der Waals surface area contributed by atoms with Crippen molar-refractivity contribution in [2.24, 2.45) is 5.73 Å². The van der Waals surface area contributed by atoms with Crippen LogP contribution in [0.3, 0.4) is 0 Å². The van der Waals surface area contributed by atoms with Gasteiger partial charge >= 0.3 is 0 Å². The summed E-state index contributed by atoms with van der Waals surface area (Å²) in [6.45, 7) is 0. The Kier molecular flexibility index (Phi) is 5.87. The van der Waals surface area contributed by atoms with Gasteiger partial charge in [-0.2, -0.15) is 25.3 Å². The fraction of sp³-hybridized carbons (Fsp3) is 0.588. The number of hydrogen-bond donors (Lipinski definition) is 4. The largest absolute Gasteiger partial charge is 0.384 e. The van der Waals surface area contributed by atoms with Gasteiger partial charge in [-0.05, 0) is 36.3 Å². The molecule has 1 aromatic rings. The van der Waals surface area contributed by atoms with Crippen molar-refractivity contribution in [1.29, 1.82) is 5.41 Å². The molecule has 23 heavy (non-hydrogen) atoms. The zero-order chi connectivity index (χ0) is 16.4. The Morgan fingerprint density at radius 3 is 2.13 bits per heavy atom. The van der Waals surface area contributed by atoms with Crippen molar-refractivity contribution in [3.05, 3.63) is 35.4 Å². The normalized spacial score (nSPS) is 32.6. The molecule has 1 heterocycles. The fourth-order valence-electron chi connectivity index (χ4n) is 3.74. The molecule has 1 aromatic carbocycles. The summed E-state index contributed by atoms with van der Waals surface area (Å²) in [6, 6.07) is 8.27. The number of rotatable bonds is 3. The lowest BCUT2D eigenvalue weighted by atomic mass is 9.69. The Bertz CT molecular complexity index is 544. The summed E-state index contributed by atoms with van der Waals surface area (Å²) in [4.78, 5) is 0. The first-order valence-electron chi connectivity index (χ1n) is 8.11. The molecule has 1 saturated carbocycles. The molecule has 0 radical (unpaired) electrons. The summed E-state index contributed by atoms with van der Waals surface area (Å²) in [5.74, 6) is 2.58. The highest BCUT2D eigenvalue weighted by Crippen LogP contribution is 2.55. The van der Waals surface area contributed by atoms with Gasteiger partial charge in [0.15, 0.2) is 0 Å². The molecule has 0 bridgehead atoms. The molecule has 1 aliphatic heterocycles. The van der Waals surface area contributed by atoms with Gasteiger partial charge in [0.25, 0.3) is 0 Å². The summed E-state index contributed by atoms with van der Waals surface area (Å²) in [5.41, 5.74) is 7.70. The highest BCUT2D eigenvalue weighted by atomic mass is 32.2. The lowest BCUT2D eigenvalue weighted by Crippen LogP contribution is -2.54. The van der Waals surface area contributed by atoms with E-state index in [4.69, 9.17) is 36.4 Å². The number of nitrogen functional groups attached to an aromatic ring is 1. The maximum absolute atomic E-state index is 7.61. The predicted molar refractivity (Wildman–Crippen MR) is 112 cm³/mol. The Hall–Kier alpha value is 0.0900. The Balaban J connectivity index is 2.05. The highest BCUT2D eigenvalue weighted by Gasteiger charge is 2.52. The maximum atomic E-state index is 7.61. The molecule has 126 valence electrons. The van der Waals surface area contributed by atoms with E-state index in [0.29, 0.717) is 15.1 Å². The second kappa shape index (κ2) is 7.54. The number of nitrogens with one attached hydrogen (secondary N) is 1. The number of thiol groups is 2. The minimum atomic E-state index is -0.0183. The van der Waals surface area contributed by atoms with Crippen LogP contribution in [-0.4, -0.2) is 32.4 Å². The standard InChI is InChI=1S/C17H24N2S4/c18-15(19)11-5-7-12(8-6-11)17(16-22-9-2-10-23-16)13(20)3-1-4-14(17)21/h5-8,13-14,16,20-21H,1-4,9-10H2,(H3,18,19). The van der Waals surface area contributed by atoms with Crippen LogP contribution in [-0.2, 0) is 5.41 Å². The van der Waals surface area contributed by atoms with Crippen LogP contribution in [0, 0.1) is 5.41 Å². The van der Waals surface area contributed by atoms with Crippen molar-refractivity contribution in [3.8, 4) is 0 Å². The molecule has 6 heteroatoms. The van der Waals surface area contributed by atoms with Crippen LogP contribution < -0.4 is 5.73 Å². The summed E-state index contributed by atoms with van der Waals surface area (Å²) in [7, 11) is 0. The lowest BCUT2D eigenvalue weighted by Gasteiger charge is -2.52. The van der Waals surface area contributed by atoms with Crippen molar-refractivity contribution in [2.75, 3.05) is 11.5 Å². The molecular formula is C17H24N2S4. The van der Waals surface area contributed by atoms with Gasteiger partial charge in [0.05, 0.1) is 4.58 Å². The third-order valence-electron chi connectivity index (χ3n) is 4.97. The maximum Gasteiger partial charge on any atom is 0.122 e. The first-order chi connectivity index (χ1) is 11.1. The van der Waals surface area contributed by atoms with Gasteiger partial charge in [-0.25, -0.2) is 0 Å². The summed E-state index contributed by atoms with van der Waals surface area (Å²) in [5, 5.41) is 8.26. The summed E-state index contributed by atoms with van der Waals surface area (Å²) < 4.78 is 0.504. The zero-order valence-corrected chi connectivity index (χ0v) is 16.5. The molecule has 2 aliphatic rings. The minimum Gasteiger partial charge on any atom is -0.384 e. The van der Waals surface area contributed by atoms with Gasteiger partial charge in [0.1, 0.15) is 5.84 Å². The quantitative estimate of drug-likeness (QED) is 0.359. The SMILES string of the molecule is N=C(N)c1ccc(C2(C3SCCCS3)C(S)CCCC2S)cc1.